The third-order valence-corrected chi connectivity index (χ3v) is 3.77. The quantitative estimate of drug-likeness (QED) is 0.932. The average Bonchev–Trinajstić information content (AvgIpc) is 2.59. The number of rotatable bonds is 4. The van der Waals surface area contributed by atoms with Crippen molar-refractivity contribution in [3.63, 3.8) is 0 Å². The summed E-state index contributed by atoms with van der Waals surface area (Å²) in [6, 6.07) is 11.7. The fourth-order valence-corrected chi connectivity index (χ4v) is 2.73. The highest BCUT2D eigenvalue weighted by Gasteiger charge is 2.27. The first-order chi connectivity index (χ1) is 11.2. The number of para-hydroxylation sites is 1. The molecular formula is C18H19NO4. The van der Waals surface area contributed by atoms with Gasteiger partial charge in [-0.25, -0.2) is 0 Å². The van der Waals surface area contributed by atoms with Crippen molar-refractivity contribution in [2.75, 3.05) is 26.6 Å². The molecule has 120 valence electrons. The summed E-state index contributed by atoms with van der Waals surface area (Å²) in [4.78, 5) is 0. The van der Waals surface area contributed by atoms with E-state index in [9.17, 15) is 0 Å². The molecule has 0 saturated carbocycles. The summed E-state index contributed by atoms with van der Waals surface area (Å²) in [6.45, 7) is 3.89. The maximum Gasteiger partial charge on any atom is 0.203 e. The molecule has 5 heteroatoms. The molecular weight excluding hydrogens is 294 g/mol. The first-order valence-electron chi connectivity index (χ1n) is 7.19. The first-order valence-corrected chi connectivity index (χ1v) is 7.19. The van der Waals surface area contributed by atoms with Gasteiger partial charge in [-0.2, -0.15) is 0 Å². The van der Waals surface area contributed by atoms with Gasteiger partial charge in [0.1, 0.15) is 0 Å². The van der Waals surface area contributed by atoms with Crippen molar-refractivity contribution >= 4 is 5.69 Å². The van der Waals surface area contributed by atoms with Gasteiger partial charge in [-0.05, 0) is 24.8 Å². The Morgan fingerprint density at radius 2 is 1.65 bits per heavy atom. The topological polar surface area (TPSA) is 49.0 Å². The van der Waals surface area contributed by atoms with Crippen LogP contribution in [0.3, 0.4) is 0 Å². The number of hydrogen-bond donors (Lipinski definition) is 1. The Morgan fingerprint density at radius 3 is 2.26 bits per heavy atom. The van der Waals surface area contributed by atoms with E-state index >= 15 is 0 Å². The number of fused-ring (bicyclic) bond motifs is 1. The first kappa shape index (κ1) is 15.1. The maximum absolute atomic E-state index is 5.91. The van der Waals surface area contributed by atoms with Crippen LogP contribution in [0.15, 0.2) is 48.9 Å². The van der Waals surface area contributed by atoms with E-state index in [1.165, 1.54) is 0 Å². The second-order valence-corrected chi connectivity index (χ2v) is 5.09. The van der Waals surface area contributed by atoms with Crippen molar-refractivity contribution in [2.45, 2.75) is 6.10 Å². The molecule has 0 bridgehead atoms. The normalized spacial score (nSPS) is 16.0. The Balaban J connectivity index is 2.13. The Kier molecular flexibility index (Phi) is 4.02. The highest BCUT2D eigenvalue weighted by Crippen LogP contribution is 2.44. The summed E-state index contributed by atoms with van der Waals surface area (Å²) < 4.78 is 22.1. The van der Waals surface area contributed by atoms with E-state index in [1.807, 2.05) is 36.4 Å². The summed E-state index contributed by atoms with van der Waals surface area (Å²) in [5.74, 6) is 2.24. The fraction of sp³-hybridized carbons (Fsp3) is 0.222. The van der Waals surface area contributed by atoms with Gasteiger partial charge in [-0.3, -0.25) is 0 Å². The van der Waals surface area contributed by atoms with Crippen LogP contribution in [-0.2, 0) is 4.74 Å². The second kappa shape index (κ2) is 6.12. The lowest BCUT2D eigenvalue weighted by Crippen LogP contribution is -2.18. The Labute approximate surface area is 135 Å². The lowest BCUT2D eigenvalue weighted by atomic mass is 9.97. The smallest absolute Gasteiger partial charge is 0.203 e. The van der Waals surface area contributed by atoms with Crippen LogP contribution in [0.1, 0.15) is 17.2 Å². The Morgan fingerprint density at radius 1 is 1.00 bits per heavy atom. The summed E-state index contributed by atoms with van der Waals surface area (Å²) in [5.41, 5.74) is 2.89. The highest BCUT2D eigenvalue weighted by atomic mass is 16.5. The van der Waals surface area contributed by atoms with Gasteiger partial charge in [0.15, 0.2) is 23.5 Å². The molecule has 0 saturated heterocycles. The monoisotopic (exact) mass is 313 g/mol. The van der Waals surface area contributed by atoms with Crippen molar-refractivity contribution in [3.05, 3.63) is 60.0 Å². The van der Waals surface area contributed by atoms with Crippen LogP contribution in [0.2, 0.25) is 0 Å². The summed E-state index contributed by atoms with van der Waals surface area (Å²) in [6.07, 6.45) is -0.298. The van der Waals surface area contributed by atoms with Crippen molar-refractivity contribution < 1.29 is 18.9 Å². The van der Waals surface area contributed by atoms with E-state index in [-0.39, 0.29) is 6.10 Å². The number of nitrogens with one attached hydrogen (secondary N) is 1. The Bertz CT molecular complexity index is 717. The van der Waals surface area contributed by atoms with Gasteiger partial charge in [0, 0.05) is 16.8 Å². The molecule has 0 aromatic heterocycles. The molecule has 0 radical (unpaired) electrons. The minimum atomic E-state index is -0.298. The van der Waals surface area contributed by atoms with Crippen LogP contribution in [0.25, 0.3) is 0 Å². The SMILES string of the molecule is C=C1Nc2ccccc2C(c2cc(OC)c(OC)c(OC)c2)O1. The van der Waals surface area contributed by atoms with Gasteiger partial charge in [-0.1, -0.05) is 18.2 Å². The lowest BCUT2D eigenvalue weighted by molar-refractivity contribution is 0.148. The van der Waals surface area contributed by atoms with Gasteiger partial charge in [0.05, 0.1) is 21.3 Å². The van der Waals surface area contributed by atoms with Gasteiger partial charge >= 0.3 is 0 Å². The van der Waals surface area contributed by atoms with E-state index in [0.29, 0.717) is 23.1 Å². The molecule has 3 rings (SSSR count). The highest BCUT2D eigenvalue weighted by molar-refractivity contribution is 5.61. The molecule has 1 aliphatic rings. The average molecular weight is 313 g/mol. The maximum atomic E-state index is 5.91. The molecule has 0 aliphatic carbocycles. The van der Waals surface area contributed by atoms with Crippen LogP contribution < -0.4 is 19.5 Å². The van der Waals surface area contributed by atoms with E-state index < -0.39 is 0 Å². The summed E-state index contributed by atoms with van der Waals surface area (Å²) in [7, 11) is 4.77. The van der Waals surface area contributed by atoms with E-state index in [4.69, 9.17) is 18.9 Å². The molecule has 0 fully saturated rings. The van der Waals surface area contributed by atoms with Gasteiger partial charge < -0.3 is 24.3 Å². The molecule has 23 heavy (non-hydrogen) atoms. The zero-order chi connectivity index (χ0) is 16.4. The lowest BCUT2D eigenvalue weighted by Gasteiger charge is -2.30. The molecule has 1 heterocycles. The third kappa shape index (κ3) is 2.65. The van der Waals surface area contributed by atoms with Crippen molar-refractivity contribution in [3.8, 4) is 17.2 Å². The zero-order valence-electron chi connectivity index (χ0n) is 13.4. The molecule has 2 aromatic rings. The van der Waals surface area contributed by atoms with Crippen LogP contribution >= 0.6 is 0 Å². The van der Waals surface area contributed by atoms with Crippen molar-refractivity contribution in [1.29, 1.82) is 0 Å². The predicted molar refractivity (Wildman–Crippen MR) is 88.2 cm³/mol. The van der Waals surface area contributed by atoms with E-state index in [0.717, 1.165) is 16.8 Å². The summed E-state index contributed by atoms with van der Waals surface area (Å²) >= 11 is 0. The van der Waals surface area contributed by atoms with Gasteiger partial charge in [-0.15, -0.1) is 0 Å². The molecule has 1 N–H and O–H groups in total. The van der Waals surface area contributed by atoms with E-state index in [2.05, 4.69) is 11.9 Å². The van der Waals surface area contributed by atoms with Crippen molar-refractivity contribution in [1.82, 2.24) is 0 Å². The summed E-state index contributed by atoms with van der Waals surface area (Å²) in [5, 5.41) is 3.14. The number of ether oxygens (including phenoxy) is 4. The van der Waals surface area contributed by atoms with Crippen LogP contribution in [0.5, 0.6) is 17.2 Å². The molecule has 0 amide bonds. The minimum absolute atomic E-state index is 0.298. The van der Waals surface area contributed by atoms with Gasteiger partial charge in [0.2, 0.25) is 5.75 Å². The molecule has 0 spiro atoms. The number of anilines is 1. The third-order valence-electron chi connectivity index (χ3n) is 3.77. The van der Waals surface area contributed by atoms with Crippen molar-refractivity contribution in [2.24, 2.45) is 0 Å². The van der Waals surface area contributed by atoms with Crippen LogP contribution in [0.4, 0.5) is 5.69 Å². The Hall–Kier alpha value is -2.82. The van der Waals surface area contributed by atoms with E-state index in [1.54, 1.807) is 21.3 Å². The number of methoxy groups -OCH3 is 3. The number of benzene rings is 2. The van der Waals surface area contributed by atoms with Crippen LogP contribution in [0, 0.1) is 0 Å². The number of hydrogen-bond acceptors (Lipinski definition) is 5. The molecule has 5 nitrogen and oxygen atoms in total. The molecule has 1 atom stereocenters. The van der Waals surface area contributed by atoms with Crippen LogP contribution in [-0.4, -0.2) is 21.3 Å². The largest absolute Gasteiger partial charge is 0.493 e. The molecule has 1 aliphatic heterocycles. The minimum Gasteiger partial charge on any atom is -0.493 e. The second-order valence-electron chi connectivity index (χ2n) is 5.09. The molecule has 1 unspecified atom stereocenters. The fourth-order valence-electron chi connectivity index (χ4n) is 2.73. The predicted octanol–water partition coefficient (Wildman–Crippen LogP) is 3.72. The molecule has 2 aromatic carbocycles. The standard InChI is InChI=1S/C18H19NO4/c1-11-19-14-8-6-5-7-13(14)17(23-11)12-9-15(20-2)18(22-4)16(10-12)21-3/h5-10,17,19H,1H2,2-4H3. The van der Waals surface area contributed by atoms with Gasteiger partial charge in [0.25, 0.3) is 0 Å². The zero-order valence-corrected chi connectivity index (χ0v) is 13.4.